The third-order valence-corrected chi connectivity index (χ3v) is 5.02. The summed E-state index contributed by atoms with van der Waals surface area (Å²) in [5.74, 6) is -0.666. The van der Waals surface area contributed by atoms with Gasteiger partial charge in [-0.05, 0) is 42.8 Å². The van der Waals surface area contributed by atoms with Crippen LogP contribution in [0.15, 0.2) is 35.2 Å². The van der Waals surface area contributed by atoms with Gasteiger partial charge in [-0.25, -0.2) is 12.8 Å². The van der Waals surface area contributed by atoms with Crippen molar-refractivity contribution < 1.29 is 12.8 Å². The Balaban J connectivity index is 2.43. The van der Waals surface area contributed by atoms with Gasteiger partial charge in [0.15, 0.2) is 0 Å². The highest BCUT2D eigenvalue weighted by Crippen LogP contribution is 2.28. The molecule has 0 aliphatic carbocycles. The number of anilines is 2. The van der Waals surface area contributed by atoms with E-state index in [1.165, 1.54) is 25.1 Å². The summed E-state index contributed by atoms with van der Waals surface area (Å²) >= 11 is 11.6. The van der Waals surface area contributed by atoms with Gasteiger partial charge in [-0.1, -0.05) is 23.2 Å². The number of sulfonamides is 1. The second kappa shape index (κ2) is 5.71. The molecular formula is C13H11Cl2FN2O2S. The summed E-state index contributed by atoms with van der Waals surface area (Å²) in [7, 11) is -3.91. The first kappa shape index (κ1) is 15.9. The summed E-state index contributed by atoms with van der Waals surface area (Å²) < 4.78 is 40.3. The quantitative estimate of drug-likeness (QED) is 0.828. The van der Waals surface area contributed by atoms with E-state index in [0.29, 0.717) is 5.02 Å². The number of aryl methyl sites for hydroxylation is 1. The first-order valence-electron chi connectivity index (χ1n) is 5.74. The van der Waals surface area contributed by atoms with Crippen molar-refractivity contribution in [3.63, 3.8) is 0 Å². The number of nitrogens with two attached hydrogens (primary N) is 1. The first-order chi connectivity index (χ1) is 9.70. The van der Waals surface area contributed by atoms with Crippen LogP contribution in [0, 0.1) is 12.7 Å². The summed E-state index contributed by atoms with van der Waals surface area (Å²) in [5, 5.41) is 0.522. The molecule has 0 aliphatic heterocycles. The fraction of sp³-hybridized carbons (Fsp3) is 0.0769. The van der Waals surface area contributed by atoms with Crippen LogP contribution in [-0.4, -0.2) is 8.42 Å². The van der Waals surface area contributed by atoms with Gasteiger partial charge in [0.1, 0.15) is 5.82 Å². The molecule has 2 aromatic rings. The summed E-state index contributed by atoms with van der Waals surface area (Å²) in [5.41, 5.74) is 5.66. The Kier molecular flexibility index (Phi) is 4.32. The molecule has 0 aromatic heterocycles. The fourth-order valence-corrected chi connectivity index (χ4v) is 3.34. The number of nitrogen functional groups attached to an aromatic ring is 1. The van der Waals surface area contributed by atoms with Crippen LogP contribution in [0.3, 0.4) is 0 Å². The van der Waals surface area contributed by atoms with Crippen molar-refractivity contribution in [2.75, 3.05) is 10.5 Å². The van der Waals surface area contributed by atoms with Gasteiger partial charge in [-0.15, -0.1) is 0 Å². The Morgan fingerprint density at radius 1 is 1.14 bits per heavy atom. The second-order valence-electron chi connectivity index (χ2n) is 4.37. The van der Waals surface area contributed by atoms with Crippen molar-refractivity contribution in [1.82, 2.24) is 0 Å². The van der Waals surface area contributed by atoms with Crippen molar-refractivity contribution in [3.8, 4) is 0 Å². The Bertz CT molecular complexity index is 810. The monoisotopic (exact) mass is 348 g/mol. The number of rotatable bonds is 3. The van der Waals surface area contributed by atoms with E-state index < -0.39 is 15.8 Å². The lowest BCUT2D eigenvalue weighted by molar-refractivity contribution is 0.599. The Hall–Kier alpha value is -1.50. The van der Waals surface area contributed by atoms with E-state index in [-0.39, 0.29) is 26.9 Å². The summed E-state index contributed by atoms with van der Waals surface area (Å²) in [4.78, 5) is -0.104. The number of hydrogen-bond acceptors (Lipinski definition) is 3. The molecule has 0 atom stereocenters. The molecule has 0 unspecified atom stereocenters. The molecule has 0 radical (unpaired) electrons. The molecular weight excluding hydrogens is 338 g/mol. The molecule has 0 heterocycles. The Morgan fingerprint density at radius 2 is 1.81 bits per heavy atom. The zero-order valence-corrected chi connectivity index (χ0v) is 13.2. The van der Waals surface area contributed by atoms with Gasteiger partial charge >= 0.3 is 0 Å². The van der Waals surface area contributed by atoms with Gasteiger partial charge in [0.25, 0.3) is 10.0 Å². The molecule has 0 aliphatic rings. The summed E-state index contributed by atoms with van der Waals surface area (Å²) in [6, 6.07) is 6.45. The average Bonchev–Trinajstić information content (AvgIpc) is 2.37. The van der Waals surface area contributed by atoms with Crippen LogP contribution in [0.25, 0.3) is 0 Å². The molecule has 0 bridgehead atoms. The minimum Gasteiger partial charge on any atom is -0.396 e. The maximum Gasteiger partial charge on any atom is 0.262 e. The molecule has 0 spiro atoms. The molecule has 0 amide bonds. The minimum atomic E-state index is -3.91. The third-order valence-electron chi connectivity index (χ3n) is 2.76. The topological polar surface area (TPSA) is 72.2 Å². The molecule has 0 fully saturated rings. The van der Waals surface area contributed by atoms with Crippen LogP contribution in [0.5, 0.6) is 0 Å². The Morgan fingerprint density at radius 3 is 2.43 bits per heavy atom. The van der Waals surface area contributed by atoms with Crippen molar-refractivity contribution in [1.29, 1.82) is 0 Å². The highest BCUT2D eigenvalue weighted by atomic mass is 35.5. The highest BCUT2D eigenvalue weighted by Gasteiger charge is 2.19. The lowest BCUT2D eigenvalue weighted by Crippen LogP contribution is -2.15. The van der Waals surface area contributed by atoms with Crippen molar-refractivity contribution in [2.24, 2.45) is 0 Å². The van der Waals surface area contributed by atoms with Gasteiger partial charge in [-0.2, -0.15) is 0 Å². The average molecular weight is 349 g/mol. The standard InChI is InChI=1S/C13H11Cl2FN2O2S/c1-7-4-11(16)12(17)6-13(7)21(19,20)18-8-2-3-9(14)10(15)5-8/h2-6,18H,17H2,1H3. The third kappa shape index (κ3) is 3.40. The van der Waals surface area contributed by atoms with Crippen LogP contribution in [-0.2, 0) is 10.0 Å². The molecule has 3 N–H and O–H groups in total. The maximum absolute atomic E-state index is 13.3. The fourth-order valence-electron chi connectivity index (χ4n) is 1.73. The van der Waals surface area contributed by atoms with Crippen LogP contribution in [0.1, 0.15) is 5.56 Å². The zero-order valence-electron chi connectivity index (χ0n) is 10.8. The van der Waals surface area contributed by atoms with Gasteiger partial charge in [0, 0.05) is 0 Å². The van der Waals surface area contributed by atoms with E-state index in [1.807, 2.05) is 0 Å². The maximum atomic E-state index is 13.3. The number of hydrogen-bond donors (Lipinski definition) is 2. The second-order valence-corrected chi connectivity index (χ2v) is 6.84. The normalized spacial score (nSPS) is 11.4. The van der Waals surface area contributed by atoms with Gasteiger partial charge in [0.05, 0.1) is 26.3 Å². The van der Waals surface area contributed by atoms with E-state index in [1.54, 1.807) is 0 Å². The summed E-state index contributed by atoms with van der Waals surface area (Å²) in [6.07, 6.45) is 0. The molecule has 112 valence electrons. The molecule has 2 aromatic carbocycles. The van der Waals surface area contributed by atoms with E-state index in [0.717, 1.165) is 12.1 Å². The van der Waals surface area contributed by atoms with Crippen molar-refractivity contribution >= 4 is 44.6 Å². The molecule has 2 rings (SSSR count). The molecule has 8 heteroatoms. The van der Waals surface area contributed by atoms with Gasteiger partial charge in [-0.3, -0.25) is 4.72 Å². The van der Waals surface area contributed by atoms with Crippen molar-refractivity contribution in [3.05, 3.63) is 51.8 Å². The first-order valence-corrected chi connectivity index (χ1v) is 7.98. The predicted octanol–water partition coefficient (Wildman–Crippen LogP) is 3.82. The Labute approximate surface area is 131 Å². The number of benzene rings is 2. The van der Waals surface area contributed by atoms with Crippen molar-refractivity contribution in [2.45, 2.75) is 11.8 Å². The van der Waals surface area contributed by atoms with Crippen LogP contribution in [0.2, 0.25) is 10.0 Å². The smallest absolute Gasteiger partial charge is 0.262 e. The van der Waals surface area contributed by atoms with E-state index in [2.05, 4.69) is 4.72 Å². The largest absolute Gasteiger partial charge is 0.396 e. The lowest BCUT2D eigenvalue weighted by Gasteiger charge is -2.12. The van der Waals surface area contributed by atoms with Crippen LogP contribution < -0.4 is 10.5 Å². The number of nitrogens with one attached hydrogen (secondary N) is 1. The van der Waals surface area contributed by atoms with Crippen LogP contribution >= 0.6 is 23.2 Å². The van der Waals surface area contributed by atoms with Gasteiger partial charge < -0.3 is 5.73 Å². The minimum absolute atomic E-state index is 0.104. The molecule has 4 nitrogen and oxygen atoms in total. The lowest BCUT2D eigenvalue weighted by atomic mass is 10.2. The SMILES string of the molecule is Cc1cc(F)c(N)cc1S(=O)(=O)Nc1ccc(Cl)c(Cl)c1. The van der Waals surface area contributed by atoms with E-state index in [4.69, 9.17) is 28.9 Å². The van der Waals surface area contributed by atoms with Gasteiger partial charge in [0.2, 0.25) is 0 Å². The molecule has 21 heavy (non-hydrogen) atoms. The summed E-state index contributed by atoms with van der Waals surface area (Å²) in [6.45, 7) is 1.48. The molecule has 0 saturated heterocycles. The van der Waals surface area contributed by atoms with E-state index >= 15 is 0 Å². The predicted molar refractivity (Wildman–Crippen MR) is 82.8 cm³/mol. The zero-order chi connectivity index (χ0) is 15.8. The van der Waals surface area contributed by atoms with E-state index in [9.17, 15) is 12.8 Å². The van der Waals surface area contributed by atoms with Crippen LogP contribution in [0.4, 0.5) is 15.8 Å². The number of halogens is 3. The highest BCUT2D eigenvalue weighted by molar-refractivity contribution is 7.92. The molecule has 0 saturated carbocycles.